The van der Waals surface area contributed by atoms with Crippen molar-refractivity contribution in [1.29, 1.82) is 0 Å². The van der Waals surface area contributed by atoms with Crippen LogP contribution in [-0.4, -0.2) is 43.1 Å². The van der Waals surface area contributed by atoms with Crippen molar-refractivity contribution in [2.24, 2.45) is 7.05 Å². The number of ether oxygens (including phenoxy) is 2. The highest BCUT2D eigenvalue weighted by Crippen LogP contribution is 2.21. The Labute approximate surface area is 130 Å². The minimum Gasteiger partial charge on any atom is -0.497 e. The molecule has 0 bridgehead atoms. The fourth-order valence-corrected chi connectivity index (χ4v) is 2.09. The van der Waals surface area contributed by atoms with E-state index in [0.717, 1.165) is 23.4 Å². The van der Waals surface area contributed by atoms with Crippen molar-refractivity contribution in [2.75, 3.05) is 27.4 Å². The lowest BCUT2D eigenvalue weighted by molar-refractivity contribution is 0.0939. The predicted octanol–water partition coefficient (Wildman–Crippen LogP) is 1.86. The largest absolute Gasteiger partial charge is 0.497 e. The molecule has 0 unspecified atom stereocenters. The maximum atomic E-state index is 12.1. The van der Waals surface area contributed by atoms with Gasteiger partial charge in [0.05, 0.1) is 12.8 Å². The summed E-state index contributed by atoms with van der Waals surface area (Å²) in [5.74, 6) is 0.654. The molecule has 0 radical (unpaired) electrons. The Morgan fingerprint density at radius 1 is 1.27 bits per heavy atom. The van der Waals surface area contributed by atoms with E-state index >= 15 is 0 Å². The number of hydrogen-bond acceptors (Lipinski definition) is 4. The summed E-state index contributed by atoms with van der Waals surface area (Å²) >= 11 is 0. The predicted molar refractivity (Wildman–Crippen MR) is 84.0 cm³/mol. The molecule has 6 nitrogen and oxygen atoms in total. The first-order valence-corrected chi connectivity index (χ1v) is 7.11. The van der Waals surface area contributed by atoms with Crippen LogP contribution in [0.5, 0.6) is 5.75 Å². The minimum absolute atomic E-state index is 0.133. The Hall–Kier alpha value is -2.34. The van der Waals surface area contributed by atoms with Crippen molar-refractivity contribution in [3.63, 3.8) is 0 Å². The highest BCUT2D eigenvalue weighted by atomic mass is 16.5. The lowest BCUT2D eigenvalue weighted by atomic mass is 10.1. The van der Waals surface area contributed by atoms with Crippen LogP contribution in [0.4, 0.5) is 0 Å². The van der Waals surface area contributed by atoms with Gasteiger partial charge in [0.2, 0.25) is 0 Å². The average Bonchev–Trinajstić information content (AvgIpc) is 2.93. The summed E-state index contributed by atoms with van der Waals surface area (Å²) in [5.41, 5.74) is 2.23. The molecule has 1 aromatic carbocycles. The van der Waals surface area contributed by atoms with Crippen molar-refractivity contribution in [1.82, 2.24) is 15.1 Å². The first kappa shape index (κ1) is 16.0. The molecule has 1 N–H and O–H groups in total. The highest BCUT2D eigenvalue weighted by Gasteiger charge is 2.13. The molecular weight excluding hydrogens is 282 g/mol. The number of carbonyl (C=O) groups is 1. The molecule has 0 aliphatic carbocycles. The van der Waals surface area contributed by atoms with Gasteiger partial charge in [-0.15, -0.1) is 0 Å². The van der Waals surface area contributed by atoms with Crippen LogP contribution in [-0.2, 0) is 11.8 Å². The Kier molecular flexibility index (Phi) is 5.55. The van der Waals surface area contributed by atoms with Gasteiger partial charge in [-0.05, 0) is 36.8 Å². The Bertz CT molecular complexity index is 620. The molecule has 1 aromatic heterocycles. The van der Waals surface area contributed by atoms with E-state index in [-0.39, 0.29) is 5.91 Å². The monoisotopic (exact) mass is 303 g/mol. The third-order valence-corrected chi connectivity index (χ3v) is 3.31. The van der Waals surface area contributed by atoms with E-state index in [1.54, 1.807) is 32.0 Å². The fraction of sp³-hybridized carbons (Fsp3) is 0.375. The first-order valence-electron chi connectivity index (χ1n) is 7.11. The summed E-state index contributed by atoms with van der Waals surface area (Å²) in [7, 11) is 5.03. The van der Waals surface area contributed by atoms with Crippen LogP contribution in [0, 0.1) is 0 Å². The molecule has 2 aromatic rings. The molecule has 0 spiro atoms. The van der Waals surface area contributed by atoms with Crippen molar-refractivity contribution < 1.29 is 14.3 Å². The van der Waals surface area contributed by atoms with E-state index in [9.17, 15) is 4.79 Å². The molecule has 0 saturated carbocycles. The van der Waals surface area contributed by atoms with E-state index in [1.807, 2.05) is 24.3 Å². The molecule has 0 saturated heterocycles. The molecular formula is C16H21N3O3. The number of rotatable bonds is 7. The quantitative estimate of drug-likeness (QED) is 0.793. The van der Waals surface area contributed by atoms with Gasteiger partial charge < -0.3 is 14.8 Å². The Morgan fingerprint density at radius 3 is 2.64 bits per heavy atom. The SMILES string of the molecule is COCCCNC(=O)c1cc(-c2ccc(OC)cc2)nn1C. The second-order valence-electron chi connectivity index (χ2n) is 4.87. The normalized spacial score (nSPS) is 10.5. The van der Waals surface area contributed by atoms with E-state index in [1.165, 1.54) is 0 Å². The second kappa shape index (κ2) is 7.61. The molecule has 0 atom stereocenters. The third-order valence-electron chi connectivity index (χ3n) is 3.31. The molecule has 0 fully saturated rings. The van der Waals surface area contributed by atoms with Gasteiger partial charge in [-0.3, -0.25) is 9.48 Å². The first-order chi connectivity index (χ1) is 10.7. The van der Waals surface area contributed by atoms with E-state index in [2.05, 4.69) is 10.4 Å². The standard InChI is InChI=1S/C16H21N3O3/c1-19-15(16(20)17-9-4-10-21-2)11-14(18-19)12-5-7-13(22-3)8-6-12/h5-8,11H,4,9-10H2,1-3H3,(H,17,20). The molecule has 1 amide bonds. The number of amides is 1. The van der Waals surface area contributed by atoms with Crippen LogP contribution in [0.3, 0.4) is 0 Å². The van der Waals surface area contributed by atoms with E-state index in [0.29, 0.717) is 18.8 Å². The van der Waals surface area contributed by atoms with E-state index in [4.69, 9.17) is 9.47 Å². The van der Waals surface area contributed by atoms with Crippen molar-refractivity contribution in [3.05, 3.63) is 36.0 Å². The number of hydrogen-bond donors (Lipinski definition) is 1. The molecule has 0 aliphatic rings. The molecule has 1 heterocycles. The number of nitrogens with zero attached hydrogens (tertiary/aromatic N) is 2. The zero-order valence-corrected chi connectivity index (χ0v) is 13.1. The summed E-state index contributed by atoms with van der Waals surface area (Å²) in [6.45, 7) is 1.21. The van der Waals surface area contributed by atoms with Crippen LogP contribution in [0.15, 0.2) is 30.3 Å². The lowest BCUT2D eigenvalue weighted by Crippen LogP contribution is -2.27. The molecule has 22 heavy (non-hydrogen) atoms. The molecule has 2 rings (SSSR count). The van der Waals surface area contributed by atoms with Crippen LogP contribution in [0.1, 0.15) is 16.9 Å². The second-order valence-corrected chi connectivity index (χ2v) is 4.87. The number of carbonyl (C=O) groups excluding carboxylic acids is 1. The lowest BCUT2D eigenvalue weighted by Gasteiger charge is -2.04. The highest BCUT2D eigenvalue weighted by molar-refractivity contribution is 5.93. The van der Waals surface area contributed by atoms with Gasteiger partial charge in [-0.2, -0.15) is 5.10 Å². The maximum absolute atomic E-state index is 12.1. The number of nitrogens with one attached hydrogen (secondary N) is 1. The molecule has 0 aliphatic heterocycles. The van der Waals surface area contributed by atoms with Crippen molar-refractivity contribution >= 4 is 5.91 Å². The maximum Gasteiger partial charge on any atom is 0.269 e. The van der Waals surface area contributed by atoms with Crippen LogP contribution >= 0.6 is 0 Å². The zero-order chi connectivity index (χ0) is 15.9. The summed E-state index contributed by atoms with van der Waals surface area (Å²) in [6.07, 6.45) is 0.783. The molecule has 118 valence electrons. The van der Waals surface area contributed by atoms with E-state index < -0.39 is 0 Å². The van der Waals surface area contributed by atoms with Crippen molar-refractivity contribution in [3.8, 4) is 17.0 Å². The van der Waals surface area contributed by atoms with Gasteiger partial charge in [0.1, 0.15) is 11.4 Å². The molecule has 6 heteroatoms. The van der Waals surface area contributed by atoms with Crippen LogP contribution < -0.4 is 10.1 Å². The number of aryl methyl sites for hydroxylation is 1. The Balaban J connectivity index is 2.08. The topological polar surface area (TPSA) is 65.4 Å². The average molecular weight is 303 g/mol. The smallest absolute Gasteiger partial charge is 0.269 e. The summed E-state index contributed by atoms with van der Waals surface area (Å²) in [5, 5.41) is 7.25. The van der Waals surface area contributed by atoms with Gasteiger partial charge in [-0.25, -0.2) is 0 Å². The van der Waals surface area contributed by atoms with Gasteiger partial charge in [0, 0.05) is 32.9 Å². The summed E-state index contributed by atoms with van der Waals surface area (Å²) < 4.78 is 11.7. The zero-order valence-electron chi connectivity index (χ0n) is 13.1. The van der Waals surface area contributed by atoms with Crippen LogP contribution in [0.25, 0.3) is 11.3 Å². The van der Waals surface area contributed by atoms with Gasteiger partial charge in [0.15, 0.2) is 0 Å². The van der Waals surface area contributed by atoms with Gasteiger partial charge >= 0.3 is 0 Å². The van der Waals surface area contributed by atoms with Crippen molar-refractivity contribution in [2.45, 2.75) is 6.42 Å². The summed E-state index contributed by atoms with van der Waals surface area (Å²) in [6, 6.07) is 9.36. The van der Waals surface area contributed by atoms with Gasteiger partial charge in [0.25, 0.3) is 5.91 Å². The minimum atomic E-state index is -0.133. The van der Waals surface area contributed by atoms with Gasteiger partial charge in [-0.1, -0.05) is 0 Å². The number of benzene rings is 1. The number of methoxy groups -OCH3 is 2. The Morgan fingerprint density at radius 2 is 2.00 bits per heavy atom. The third kappa shape index (κ3) is 3.85. The summed E-state index contributed by atoms with van der Waals surface area (Å²) in [4.78, 5) is 12.1. The van der Waals surface area contributed by atoms with Crippen LogP contribution in [0.2, 0.25) is 0 Å². The number of aromatic nitrogens is 2. The fourth-order valence-electron chi connectivity index (χ4n) is 2.09.